The molecule has 0 amide bonds. The van der Waals surface area contributed by atoms with E-state index in [2.05, 4.69) is 18.7 Å². The summed E-state index contributed by atoms with van der Waals surface area (Å²) in [5.74, 6) is 0. The van der Waals surface area contributed by atoms with Gasteiger partial charge in [0.2, 0.25) is 0 Å². The van der Waals surface area contributed by atoms with Gasteiger partial charge in [-0.15, -0.1) is 0 Å². The van der Waals surface area contributed by atoms with Crippen molar-refractivity contribution in [3.05, 3.63) is 0 Å². The van der Waals surface area contributed by atoms with Gasteiger partial charge in [-0.1, -0.05) is 26.7 Å². The van der Waals surface area contributed by atoms with E-state index in [0.717, 1.165) is 12.5 Å². The summed E-state index contributed by atoms with van der Waals surface area (Å²) >= 11 is 0. The van der Waals surface area contributed by atoms with E-state index in [4.69, 9.17) is 5.73 Å². The number of piperidine rings is 1. The van der Waals surface area contributed by atoms with Crippen molar-refractivity contribution in [2.24, 2.45) is 5.73 Å². The molecule has 1 aliphatic heterocycles. The highest BCUT2D eigenvalue weighted by atomic mass is 15.2. The van der Waals surface area contributed by atoms with E-state index in [0.29, 0.717) is 6.04 Å². The fourth-order valence-corrected chi connectivity index (χ4v) is 2.78. The molecule has 1 saturated heterocycles. The number of hydrogen-bond donors (Lipinski definition) is 1. The predicted molar refractivity (Wildman–Crippen MR) is 71.6 cm³/mol. The van der Waals surface area contributed by atoms with Crippen molar-refractivity contribution in [2.75, 3.05) is 13.1 Å². The highest BCUT2D eigenvalue weighted by molar-refractivity contribution is 4.76. The Bertz CT molecular complexity index is 168. The molecule has 0 bridgehead atoms. The molecule has 1 heterocycles. The molecule has 2 heteroatoms. The Morgan fingerprint density at radius 1 is 1.31 bits per heavy atom. The van der Waals surface area contributed by atoms with E-state index < -0.39 is 0 Å². The van der Waals surface area contributed by atoms with E-state index in [-0.39, 0.29) is 0 Å². The van der Waals surface area contributed by atoms with Crippen LogP contribution in [-0.4, -0.2) is 30.1 Å². The van der Waals surface area contributed by atoms with Crippen molar-refractivity contribution in [1.82, 2.24) is 4.90 Å². The van der Waals surface area contributed by atoms with E-state index >= 15 is 0 Å². The van der Waals surface area contributed by atoms with Gasteiger partial charge < -0.3 is 10.6 Å². The summed E-state index contributed by atoms with van der Waals surface area (Å²) in [6, 6.07) is 1.30. The van der Waals surface area contributed by atoms with Gasteiger partial charge in [-0.05, 0) is 51.6 Å². The van der Waals surface area contributed by atoms with Crippen LogP contribution in [0.5, 0.6) is 0 Å². The molecule has 1 rings (SSSR count). The first kappa shape index (κ1) is 14.0. The predicted octanol–water partition coefficient (Wildman–Crippen LogP) is 3.16. The molecule has 0 saturated carbocycles. The molecule has 2 nitrogen and oxygen atoms in total. The molecule has 1 fully saturated rings. The van der Waals surface area contributed by atoms with Crippen LogP contribution < -0.4 is 5.73 Å². The van der Waals surface area contributed by atoms with Crippen LogP contribution in [0.3, 0.4) is 0 Å². The number of hydrogen-bond acceptors (Lipinski definition) is 2. The summed E-state index contributed by atoms with van der Waals surface area (Å²) in [4.78, 5) is 2.72. The number of nitrogens with two attached hydrogens (primary N) is 1. The summed E-state index contributed by atoms with van der Waals surface area (Å²) in [7, 11) is 0. The van der Waals surface area contributed by atoms with E-state index in [1.54, 1.807) is 0 Å². The lowest BCUT2D eigenvalue weighted by atomic mass is 9.97. The van der Waals surface area contributed by atoms with E-state index in [1.165, 1.54) is 58.0 Å². The normalized spacial score (nSPS) is 24.6. The summed E-state index contributed by atoms with van der Waals surface area (Å²) < 4.78 is 0. The Labute approximate surface area is 102 Å². The standard InChI is InChI=1S/C14H30N2/c1-3-8-14-10-5-6-11-16(14)12-7-9-13(15)4-2/h13-14H,3-12,15H2,1-2H3. The first-order valence-corrected chi connectivity index (χ1v) is 7.27. The molecule has 0 radical (unpaired) electrons. The average molecular weight is 226 g/mol. The second-order valence-corrected chi connectivity index (χ2v) is 5.28. The van der Waals surface area contributed by atoms with Crippen LogP contribution in [0.25, 0.3) is 0 Å². The Morgan fingerprint density at radius 3 is 2.81 bits per heavy atom. The Kier molecular flexibility index (Phi) is 7.06. The van der Waals surface area contributed by atoms with E-state index in [1.807, 2.05) is 0 Å². The van der Waals surface area contributed by atoms with Gasteiger partial charge in [0.15, 0.2) is 0 Å². The van der Waals surface area contributed by atoms with Crippen LogP contribution >= 0.6 is 0 Å². The third kappa shape index (κ3) is 4.84. The summed E-state index contributed by atoms with van der Waals surface area (Å²) in [5, 5.41) is 0. The van der Waals surface area contributed by atoms with Gasteiger partial charge in [-0.25, -0.2) is 0 Å². The molecular weight excluding hydrogens is 196 g/mol. The minimum absolute atomic E-state index is 0.425. The lowest BCUT2D eigenvalue weighted by Crippen LogP contribution is -2.40. The molecule has 0 aromatic carbocycles. The Morgan fingerprint density at radius 2 is 2.12 bits per heavy atom. The van der Waals surface area contributed by atoms with Crippen LogP contribution in [0.4, 0.5) is 0 Å². The smallest absolute Gasteiger partial charge is 0.00951 e. The molecule has 1 aliphatic rings. The molecule has 2 atom stereocenters. The Balaban J connectivity index is 2.21. The second-order valence-electron chi connectivity index (χ2n) is 5.28. The lowest BCUT2D eigenvalue weighted by Gasteiger charge is -2.36. The topological polar surface area (TPSA) is 29.3 Å². The number of likely N-dealkylation sites (tertiary alicyclic amines) is 1. The number of nitrogens with zero attached hydrogens (tertiary/aromatic N) is 1. The van der Waals surface area contributed by atoms with Gasteiger partial charge >= 0.3 is 0 Å². The lowest BCUT2D eigenvalue weighted by molar-refractivity contribution is 0.136. The molecule has 0 spiro atoms. The van der Waals surface area contributed by atoms with Gasteiger partial charge in [0.1, 0.15) is 0 Å². The molecular formula is C14H30N2. The summed E-state index contributed by atoms with van der Waals surface area (Å²) in [5.41, 5.74) is 5.96. The molecule has 0 aromatic heterocycles. The third-order valence-electron chi connectivity index (χ3n) is 3.92. The van der Waals surface area contributed by atoms with Crippen molar-refractivity contribution >= 4 is 0 Å². The molecule has 2 unspecified atom stereocenters. The van der Waals surface area contributed by atoms with Crippen LogP contribution in [0.1, 0.15) is 65.2 Å². The average Bonchev–Trinajstić information content (AvgIpc) is 2.31. The summed E-state index contributed by atoms with van der Waals surface area (Å²) in [6.07, 6.45) is 10.6. The molecule has 16 heavy (non-hydrogen) atoms. The fraction of sp³-hybridized carbons (Fsp3) is 1.00. The zero-order chi connectivity index (χ0) is 11.8. The SMILES string of the molecule is CCCC1CCCCN1CCCC(N)CC. The van der Waals surface area contributed by atoms with Crippen LogP contribution in [0.2, 0.25) is 0 Å². The van der Waals surface area contributed by atoms with Crippen LogP contribution in [0.15, 0.2) is 0 Å². The van der Waals surface area contributed by atoms with Crippen molar-refractivity contribution in [1.29, 1.82) is 0 Å². The Hall–Kier alpha value is -0.0800. The molecule has 2 N–H and O–H groups in total. The van der Waals surface area contributed by atoms with Crippen LogP contribution in [-0.2, 0) is 0 Å². The minimum atomic E-state index is 0.425. The van der Waals surface area contributed by atoms with Gasteiger partial charge in [0, 0.05) is 12.1 Å². The van der Waals surface area contributed by atoms with Crippen molar-refractivity contribution < 1.29 is 0 Å². The molecule has 0 aliphatic carbocycles. The van der Waals surface area contributed by atoms with Gasteiger partial charge in [0.25, 0.3) is 0 Å². The van der Waals surface area contributed by atoms with Crippen molar-refractivity contribution in [3.63, 3.8) is 0 Å². The molecule has 96 valence electrons. The third-order valence-corrected chi connectivity index (χ3v) is 3.92. The first-order valence-electron chi connectivity index (χ1n) is 7.27. The first-order chi connectivity index (χ1) is 7.77. The zero-order valence-corrected chi connectivity index (χ0v) is 11.3. The quantitative estimate of drug-likeness (QED) is 0.722. The molecule has 0 aromatic rings. The highest BCUT2D eigenvalue weighted by Crippen LogP contribution is 2.21. The highest BCUT2D eigenvalue weighted by Gasteiger charge is 2.20. The number of rotatable bonds is 7. The monoisotopic (exact) mass is 226 g/mol. The minimum Gasteiger partial charge on any atom is -0.328 e. The maximum atomic E-state index is 5.96. The summed E-state index contributed by atoms with van der Waals surface area (Å²) in [6.45, 7) is 7.09. The maximum Gasteiger partial charge on any atom is 0.00951 e. The van der Waals surface area contributed by atoms with Gasteiger partial charge in [-0.2, -0.15) is 0 Å². The maximum absolute atomic E-state index is 5.96. The fourth-order valence-electron chi connectivity index (χ4n) is 2.78. The van der Waals surface area contributed by atoms with Crippen molar-refractivity contribution in [2.45, 2.75) is 77.3 Å². The van der Waals surface area contributed by atoms with Gasteiger partial charge in [-0.3, -0.25) is 0 Å². The van der Waals surface area contributed by atoms with Crippen LogP contribution in [0, 0.1) is 0 Å². The van der Waals surface area contributed by atoms with Gasteiger partial charge in [0.05, 0.1) is 0 Å². The second kappa shape index (κ2) is 8.08. The van der Waals surface area contributed by atoms with E-state index in [9.17, 15) is 0 Å². The van der Waals surface area contributed by atoms with Crippen molar-refractivity contribution in [3.8, 4) is 0 Å². The zero-order valence-electron chi connectivity index (χ0n) is 11.3. The largest absolute Gasteiger partial charge is 0.328 e.